The number of hydrogen-bond donors (Lipinski definition) is 0. The predicted molar refractivity (Wildman–Crippen MR) is 110 cm³/mol. The van der Waals surface area contributed by atoms with Crippen LogP contribution in [0.1, 0.15) is 54.9 Å². The molecule has 1 saturated carbocycles. The zero-order chi connectivity index (χ0) is 19.8. The monoisotopic (exact) mass is 378 g/mol. The fraction of sp³-hybridized carbons (Fsp3) is 0.333. The van der Waals surface area contributed by atoms with E-state index in [0.29, 0.717) is 17.9 Å². The molecule has 0 saturated heterocycles. The van der Waals surface area contributed by atoms with E-state index < -0.39 is 0 Å². The van der Waals surface area contributed by atoms with E-state index in [2.05, 4.69) is 0 Å². The van der Waals surface area contributed by atoms with Crippen molar-refractivity contribution in [3.05, 3.63) is 65.7 Å². The topological polar surface area (TPSA) is 52.6 Å². The van der Waals surface area contributed by atoms with Gasteiger partial charge in [-0.25, -0.2) is 0 Å². The van der Waals surface area contributed by atoms with E-state index in [1.807, 2.05) is 31.2 Å². The number of benzene rings is 2. The van der Waals surface area contributed by atoms with Crippen molar-refractivity contribution in [3.63, 3.8) is 0 Å². The lowest BCUT2D eigenvalue weighted by molar-refractivity contribution is -0.139. The number of esters is 1. The average Bonchev–Trinajstić information content (AvgIpc) is 2.74. The molecule has 0 radical (unpaired) electrons. The highest BCUT2D eigenvalue weighted by Crippen LogP contribution is 2.25. The third kappa shape index (κ3) is 5.56. The fourth-order valence-corrected chi connectivity index (χ4v) is 3.33. The summed E-state index contributed by atoms with van der Waals surface area (Å²) in [5.41, 5.74) is 1.48. The highest BCUT2D eigenvalue weighted by Gasteiger charge is 2.22. The van der Waals surface area contributed by atoms with Crippen LogP contribution < -0.4 is 9.47 Å². The molecule has 1 fully saturated rings. The van der Waals surface area contributed by atoms with Crippen molar-refractivity contribution in [1.82, 2.24) is 0 Å². The first-order valence-corrected chi connectivity index (χ1v) is 9.92. The SMILES string of the molecule is CCOc1ccc(C=CC(=O)c2ccc(OC(=O)C3CCCCC3)cc2)cc1. The molecule has 2 aromatic carbocycles. The standard InChI is InChI=1S/C24H26O4/c1-2-27-21-13-8-18(9-14-21)10-17-23(25)19-11-15-22(16-12-19)28-24(26)20-6-4-3-5-7-20/h8-17,20H,2-7H2,1H3. The Morgan fingerprint density at radius 2 is 1.57 bits per heavy atom. The lowest BCUT2D eigenvalue weighted by Crippen LogP contribution is -2.22. The van der Waals surface area contributed by atoms with Crippen molar-refractivity contribution in [1.29, 1.82) is 0 Å². The summed E-state index contributed by atoms with van der Waals surface area (Å²) in [6.07, 6.45) is 8.51. The van der Waals surface area contributed by atoms with E-state index in [4.69, 9.17) is 9.47 Å². The number of hydrogen-bond acceptors (Lipinski definition) is 4. The first-order valence-electron chi connectivity index (χ1n) is 9.92. The zero-order valence-corrected chi connectivity index (χ0v) is 16.2. The fourth-order valence-electron chi connectivity index (χ4n) is 3.33. The van der Waals surface area contributed by atoms with Crippen LogP contribution in [0.5, 0.6) is 11.5 Å². The Hall–Kier alpha value is -2.88. The Balaban J connectivity index is 1.56. The lowest BCUT2D eigenvalue weighted by Gasteiger charge is -2.19. The number of ether oxygens (including phenoxy) is 2. The van der Waals surface area contributed by atoms with Crippen LogP contribution in [0.15, 0.2) is 54.6 Å². The predicted octanol–water partition coefficient (Wildman–Crippen LogP) is 5.47. The van der Waals surface area contributed by atoms with Crippen LogP contribution in [0.4, 0.5) is 0 Å². The third-order valence-corrected chi connectivity index (χ3v) is 4.91. The number of carbonyl (C=O) groups is 2. The molecule has 1 aliphatic carbocycles. The number of allylic oxidation sites excluding steroid dienone is 1. The summed E-state index contributed by atoms with van der Waals surface area (Å²) in [5.74, 6) is 1.05. The molecule has 4 nitrogen and oxygen atoms in total. The van der Waals surface area contributed by atoms with E-state index in [9.17, 15) is 9.59 Å². The minimum absolute atomic E-state index is 0.00658. The summed E-state index contributed by atoms with van der Waals surface area (Å²) in [6, 6.07) is 14.3. The van der Waals surface area contributed by atoms with Gasteiger partial charge in [0.1, 0.15) is 11.5 Å². The van der Waals surface area contributed by atoms with E-state index in [0.717, 1.165) is 37.0 Å². The second kappa shape index (κ2) is 9.88. The maximum atomic E-state index is 12.3. The molecule has 146 valence electrons. The van der Waals surface area contributed by atoms with Gasteiger partial charge in [-0.2, -0.15) is 0 Å². The second-order valence-electron chi connectivity index (χ2n) is 6.98. The van der Waals surface area contributed by atoms with Crippen LogP contribution in [0, 0.1) is 5.92 Å². The highest BCUT2D eigenvalue weighted by atomic mass is 16.5. The van der Waals surface area contributed by atoms with Crippen LogP contribution in [0.3, 0.4) is 0 Å². The van der Waals surface area contributed by atoms with E-state index in [-0.39, 0.29) is 17.7 Å². The van der Waals surface area contributed by atoms with E-state index in [1.165, 1.54) is 6.42 Å². The van der Waals surface area contributed by atoms with Gasteiger partial charge in [0.05, 0.1) is 12.5 Å². The summed E-state index contributed by atoms with van der Waals surface area (Å²) >= 11 is 0. The zero-order valence-electron chi connectivity index (χ0n) is 16.2. The molecule has 0 amide bonds. The van der Waals surface area contributed by atoms with E-state index >= 15 is 0 Å². The van der Waals surface area contributed by atoms with Gasteiger partial charge in [-0.05, 0) is 67.8 Å². The first kappa shape index (κ1) is 19.9. The average molecular weight is 378 g/mol. The van der Waals surface area contributed by atoms with Gasteiger partial charge in [-0.1, -0.05) is 37.5 Å². The van der Waals surface area contributed by atoms with Gasteiger partial charge in [0, 0.05) is 5.56 Å². The maximum absolute atomic E-state index is 12.3. The van der Waals surface area contributed by atoms with Crippen LogP contribution in [-0.2, 0) is 4.79 Å². The van der Waals surface area contributed by atoms with Gasteiger partial charge in [-0.3, -0.25) is 9.59 Å². The number of rotatable bonds is 7. The maximum Gasteiger partial charge on any atom is 0.314 e. The molecule has 28 heavy (non-hydrogen) atoms. The lowest BCUT2D eigenvalue weighted by atomic mass is 9.89. The van der Waals surface area contributed by atoms with E-state index in [1.54, 1.807) is 36.4 Å². The van der Waals surface area contributed by atoms with Crippen LogP contribution >= 0.6 is 0 Å². The molecule has 0 unspecified atom stereocenters. The Morgan fingerprint density at radius 1 is 0.929 bits per heavy atom. The highest BCUT2D eigenvalue weighted by molar-refractivity contribution is 6.06. The minimum Gasteiger partial charge on any atom is -0.494 e. The molecule has 0 heterocycles. The van der Waals surface area contributed by atoms with Gasteiger partial charge in [-0.15, -0.1) is 0 Å². The Labute approximate surface area is 166 Å². The van der Waals surface area contributed by atoms with Crippen molar-refractivity contribution >= 4 is 17.8 Å². The van der Waals surface area contributed by atoms with Gasteiger partial charge in [0.15, 0.2) is 5.78 Å². The summed E-state index contributed by atoms with van der Waals surface area (Å²) in [4.78, 5) is 24.6. The van der Waals surface area contributed by atoms with Gasteiger partial charge >= 0.3 is 5.97 Å². The molecule has 0 atom stereocenters. The van der Waals surface area contributed by atoms with Crippen molar-refractivity contribution in [2.45, 2.75) is 39.0 Å². The van der Waals surface area contributed by atoms with Crippen LogP contribution in [0.25, 0.3) is 6.08 Å². The van der Waals surface area contributed by atoms with Gasteiger partial charge in [0.25, 0.3) is 0 Å². The summed E-state index contributed by atoms with van der Waals surface area (Å²) in [7, 11) is 0. The molecule has 0 aromatic heterocycles. The quantitative estimate of drug-likeness (QED) is 0.278. The summed E-state index contributed by atoms with van der Waals surface area (Å²) in [6.45, 7) is 2.56. The molecular formula is C24H26O4. The van der Waals surface area contributed by atoms with Crippen molar-refractivity contribution in [2.75, 3.05) is 6.61 Å². The Kier molecular flexibility index (Phi) is 7.01. The summed E-state index contributed by atoms with van der Waals surface area (Å²) in [5, 5.41) is 0. The summed E-state index contributed by atoms with van der Waals surface area (Å²) < 4.78 is 10.9. The Bertz CT molecular complexity index is 813. The van der Waals surface area contributed by atoms with Gasteiger partial charge in [0.2, 0.25) is 0 Å². The molecule has 0 N–H and O–H groups in total. The molecule has 3 rings (SSSR count). The van der Waals surface area contributed by atoms with Crippen LogP contribution in [-0.4, -0.2) is 18.4 Å². The number of carbonyl (C=O) groups excluding carboxylic acids is 2. The molecule has 1 aliphatic rings. The van der Waals surface area contributed by atoms with Gasteiger partial charge < -0.3 is 9.47 Å². The Morgan fingerprint density at radius 3 is 2.21 bits per heavy atom. The molecular weight excluding hydrogens is 352 g/mol. The minimum atomic E-state index is -0.158. The van der Waals surface area contributed by atoms with Crippen molar-refractivity contribution in [3.8, 4) is 11.5 Å². The van der Waals surface area contributed by atoms with Crippen LogP contribution in [0.2, 0.25) is 0 Å². The molecule has 2 aromatic rings. The molecule has 0 aliphatic heterocycles. The molecule has 0 spiro atoms. The first-order chi connectivity index (χ1) is 13.7. The molecule has 4 heteroatoms. The van der Waals surface area contributed by atoms with Crippen molar-refractivity contribution < 1.29 is 19.1 Å². The third-order valence-electron chi connectivity index (χ3n) is 4.91. The smallest absolute Gasteiger partial charge is 0.314 e. The molecule has 0 bridgehead atoms. The normalized spacial score (nSPS) is 14.8. The second-order valence-corrected chi connectivity index (χ2v) is 6.98. The number of ketones is 1. The largest absolute Gasteiger partial charge is 0.494 e. The van der Waals surface area contributed by atoms with Crippen molar-refractivity contribution in [2.24, 2.45) is 5.92 Å².